The summed E-state index contributed by atoms with van der Waals surface area (Å²) in [6.07, 6.45) is 0. The van der Waals surface area contributed by atoms with Gasteiger partial charge in [0.15, 0.2) is 5.78 Å². The van der Waals surface area contributed by atoms with Crippen LogP contribution >= 0.6 is 11.6 Å². The van der Waals surface area contributed by atoms with Gasteiger partial charge in [-0.15, -0.1) is 0 Å². The van der Waals surface area contributed by atoms with Crippen molar-refractivity contribution in [3.05, 3.63) is 70.9 Å². The molecule has 1 aromatic heterocycles. The molecule has 0 aliphatic carbocycles. The van der Waals surface area contributed by atoms with E-state index in [0.29, 0.717) is 16.9 Å². The maximum absolute atomic E-state index is 12.5. The molecule has 0 saturated heterocycles. The van der Waals surface area contributed by atoms with Gasteiger partial charge in [-0.25, -0.2) is 4.98 Å². The molecule has 2 aromatic carbocycles. The van der Waals surface area contributed by atoms with Gasteiger partial charge in [0.1, 0.15) is 10.9 Å². The largest absolute Gasteiger partial charge is 0.497 e. The molecule has 3 rings (SSSR count). The summed E-state index contributed by atoms with van der Waals surface area (Å²) < 4.78 is 5.19. The molecular formula is C17H12ClNO2. The molecule has 3 nitrogen and oxygen atoms in total. The number of methoxy groups -OCH3 is 1. The van der Waals surface area contributed by atoms with E-state index in [2.05, 4.69) is 4.98 Å². The van der Waals surface area contributed by atoms with Crippen molar-refractivity contribution in [2.24, 2.45) is 0 Å². The van der Waals surface area contributed by atoms with Crippen LogP contribution in [0.4, 0.5) is 0 Å². The van der Waals surface area contributed by atoms with Crippen molar-refractivity contribution in [3.8, 4) is 5.75 Å². The van der Waals surface area contributed by atoms with Gasteiger partial charge in [-0.1, -0.05) is 41.9 Å². The van der Waals surface area contributed by atoms with Crippen molar-refractivity contribution in [2.75, 3.05) is 7.11 Å². The van der Waals surface area contributed by atoms with E-state index in [0.717, 1.165) is 10.9 Å². The number of pyridine rings is 1. The Balaban J connectivity index is 2.14. The third-order valence-corrected chi connectivity index (χ3v) is 3.54. The Labute approximate surface area is 127 Å². The predicted molar refractivity (Wildman–Crippen MR) is 83.2 cm³/mol. The lowest BCUT2D eigenvalue weighted by molar-refractivity contribution is 0.103. The second-order valence-electron chi connectivity index (χ2n) is 4.58. The quantitative estimate of drug-likeness (QED) is 0.539. The normalized spacial score (nSPS) is 10.6. The summed E-state index contributed by atoms with van der Waals surface area (Å²) in [6.45, 7) is 0. The van der Waals surface area contributed by atoms with Gasteiger partial charge in [0.25, 0.3) is 0 Å². The van der Waals surface area contributed by atoms with Gasteiger partial charge < -0.3 is 4.74 Å². The number of aromatic nitrogens is 1. The first-order valence-corrected chi connectivity index (χ1v) is 6.81. The number of ketones is 1. The molecule has 0 aliphatic heterocycles. The van der Waals surface area contributed by atoms with E-state index in [1.165, 1.54) is 0 Å². The number of ether oxygens (including phenoxy) is 1. The number of fused-ring (bicyclic) bond motifs is 1. The lowest BCUT2D eigenvalue weighted by atomic mass is 10.0. The lowest BCUT2D eigenvalue weighted by Gasteiger charge is -2.07. The minimum atomic E-state index is -0.141. The van der Waals surface area contributed by atoms with Crippen LogP contribution in [0.3, 0.4) is 0 Å². The zero-order valence-electron chi connectivity index (χ0n) is 11.3. The van der Waals surface area contributed by atoms with Gasteiger partial charge in [-0.2, -0.15) is 0 Å². The molecule has 0 saturated carbocycles. The Morgan fingerprint density at radius 3 is 2.57 bits per heavy atom. The van der Waals surface area contributed by atoms with Crippen molar-refractivity contribution in [1.29, 1.82) is 0 Å². The van der Waals surface area contributed by atoms with Crippen LogP contribution in [0, 0.1) is 0 Å². The molecule has 21 heavy (non-hydrogen) atoms. The first-order chi connectivity index (χ1) is 10.2. The summed E-state index contributed by atoms with van der Waals surface area (Å²) >= 11 is 6.16. The highest BCUT2D eigenvalue weighted by atomic mass is 35.5. The van der Waals surface area contributed by atoms with E-state index in [1.54, 1.807) is 25.3 Å². The molecule has 0 bridgehead atoms. The summed E-state index contributed by atoms with van der Waals surface area (Å²) in [7, 11) is 1.60. The monoisotopic (exact) mass is 297 g/mol. The average molecular weight is 298 g/mol. The molecule has 0 unspecified atom stereocenters. The Morgan fingerprint density at radius 1 is 1.10 bits per heavy atom. The van der Waals surface area contributed by atoms with Gasteiger partial charge in [0.05, 0.1) is 18.2 Å². The van der Waals surface area contributed by atoms with Crippen LogP contribution in [-0.4, -0.2) is 17.9 Å². The number of rotatable bonds is 3. The molecule has 104 valence electrons. The maximum atomic E-state index is 12.5. The summed E-state index contributed by atoms with van der Waals surface area (Å²) in [6, 6.07) is 16.2. The number of halogens is 1. The Morgan fingerprint density at radius 2 is 1.86 bits per heavy atom. The summed E-state index contributed by atoms with van der Waals surface area (Å²) in [5.74, 6) is 0.572. The molecular weight excluding hydrogens is 286 g/mol. The smallest absolute Gasteiger partial charge is 0.196 e. The van der Waals surface area contributed by atoms with Crippen LogP contribution in [0.5, 0.6) is 5.75 Å². The van der Waals surface area contributed by atoms with E-state index < -0.39 is 0 Å². The molecule has 0 aliphatic rings. The first-order valence-electron chi connectivity index (χ1n) is 6.43. The predicted octanol–water partition coefficient (Wildman–Crippen LogP) is 4.13. The topological polar surface area (TPSA) is 39.2 Å². The third-order valence-electron chi connectivity index (χ3n) is 3.26. The van der Waals surface area contributed by atoms with Crippen molar-refractivity contribution in [1.82, 2.24) is 4.98 Å². The second-order valence-corrected chi connectivity index (χ2v) is 4.94. The summed E-state index contributed by atoms with van der Waals surface area (Å²) in [4.78, 5) is 16.8. The fraction of sp³-hybridized carbons (Fsp3) is 0.0588. The number of carbonyl (C=O) groups excluding carboxylic acids is 1. The Kier molecular flexibility index (Phi) is 3.59. The van der Waals surface area contributed by atoms with E-state index in [-0.39, 0.29) is 10.9 Å². The fourth-order valence-electron chi connectivity index (χ4n) is 2.16. The molecule has 0 atom stereocenters. The number of hydrogen-bond donors (Lipinski definition) is 0. The van der Waals surface area contributed by atoms with Crippen LogP contribution in [0.2, 0.25) is 5.15 Å². The summed E-state index contributed by atoms with van der Waals surface area (Å²) in [5.41, 5.74) is 1.71. The van der Waals surface area contributed by atoms with Crippen LogP contribution < -0.4 is 4.74 Å². The van der Waals surface area contributed by atoms with Gasteiger partial charge in [0, 0.05) is 10.9 Å². The average Bonchev–Trinajstić information content (AvgIpc) is 2.54. The molecule has 1 heterocycles. The van der Waals surface area contributed by atoms with Crippen LogP contribution in [0.15, 0.2) is 54.6 Å². The maximum Gasteiger partial charge on any atom is 0.196 e. The zero-order valence-corrected chi connectivity index (χ0v) is 12.1. The molecule has 4 heteroatoms. The number of carbonyl (C=O) groups is 1. The molecule has 3 aromatic rings. The number of nitrogens with zero attached hydrogens (tertiary/aromatic N) is 1. The minimum Gasteiger partial charge on any atom is -0.497 e. The van der Waals surface area contributed by atoms with Crippen LogP contribution in [-0.2, 0) is 0 Å². The van der Waals surface area contributed by atoms with Crippen LogP contribution in [0.25, 0.3) is 10.9 Å². The highest BCUT2D eigenvalue weighted by Crippen LogP contribution is 2.25. The van der Waals surface area contributed by atoms with Crippen molar-refractivity contribution >= 4 is 28.3 Å². The molecule has 0 N–H and O–H groups in total. The fourth-order valence-corrected chi connectivity index (χ4v) is 2.39. The molecule has 0 radical (unpaired) electrons. The van der Waals surface area contributed by atoms with Gasteiger partial charge in [-0.05, 0) is 24.3 Å². The van der Waals surface area contributed by atoms with Gasteiger partial charge >= 0.3 is 0 Å². The third kappa shape index (κ3) is 2.60. The highest BCUT2D eigenvalue weighted by Gasteiger charge is 2.15. The molecule has 0 amide bonds. The molecule has 0 fully saturated rings. The van der Waals surface area contributed by atoms with Gasteiger partial charge in [0.2, 0.25) is 0 Å². The number of hydrogen-bond acceptors (Lipinski definition) is 3. The van der Waals surface area contributed by atoms with Gasteiger partial charge in [-0.3, -0.25) is 4.79 Å². The van der Waals surface area contributed by atoms with E-state index in [4.69, 9.17) is 16.3 Å². The zero-order chi connectivity index (χ0) is 14.8. The molecule has 0 spiro atoms. The van der Waals surface area contributed by atoms with E-state index in [9.17, 15) is 4.79 Å². The van der Waals surface area contributed by atoms with Crippen molar-refractivity contribution < 1.29 is 9.53 Å². The SMILES string of the molecule is COc1ccc2nc(Cl)c(C(=O)c3ccccc3)cc2c1. The summed E-state index contributed by atoms with van der Waals surface area (Å²) in [5, 5.41) is 1.03. The Bertz CT molecular complexity index is 816. The highest BCUT2D eigenvalue weighted by molar-refractivity contribution is 6.34. The van der Waals surface area contributed by atoms with E-state index in [1.807, 2.05) is 36.4 Å². The minimum absolute atomic E-state index is 0.141. The Hall–Kier alpha value is -2.39. The van der Waals surface area contributed by atoms with Crippen molar-refractivity contribution in [3.63, 3.8) is 0 Å². The number of benzene rings is 2. The first kappa shape index (κ1) is 13.6. The van der Waals surface area contributed by atoms with E-state index >= 15 is 0 Å². The lowest BCUT2D eigenvalue weighted by Crippen LogP contribution is -2.03. The van der Waals surface area contributed by atoms with Crippen molar-refractivity contribution in [2.45, 2.75) is 0 Å². The standard InChI is InChI=1S/C17H12ClNO2/c1-21-13-7-8-15-12(9-13)10-14(17(18)19-15)16(20)11-5-3-2-4-6-11/h2-10H,1H3. The van der Waals surface area contributed by atoms with Crippen LogP contribution in [0.1, 0.15) is 15.9 Å². The second kappa shape index (κ2) is 5.54.